The van der Waals surface area contributed by atoms with E-state index in [1.807, 2.05) is 0 Å². The van der Waals surface area contributed by atoms with Crippen molar-refractivity contribution < 1.29 is 0 Å². The van der Waals surface area contributed by atoms with Crippen LogP contribution in [0, 0.1) is 27.7 Å². The summed E-state index contributed by atoms with van der Waals surface area (Å²) in [6, 6.07) is 10.7. The Morgan fingerprint density at radius 3 is 2.20 bits per heavy atom. The van der Waals surface area contributed by atoms with Crippen LogP contribution in [-0.4, -0.2) is 0 Å². The zero-order valence-electron chi connectivity index (χ0n) is 12.4. The molecular weight excluding hydrogens is 312 g/mol. The minimum atomic E-state index is -0.0106. The topological polar surface area (TPSA) is 38.0 Å². The molecule has 0 bridgehead atoms. The molecule has 0 aliphatic carbocycles. The molecule has 0 saturated heterocycles. The monoisotopic (exact) mass is 332 g/mol. The van der Waals surface area contributed by atoms with Crippen molar-refractivity contribution in [1.82, 2.24) is 5.43 Å². The summed E-state index contributed by atoms with van der Waals surface area (Å²) in [5, 5.41) is 0. The van der Waals surface area contributed by atoms with Crippen LogP contribution in [0.2, 0.25) is 0 Å². The molecule has 1 unspecified atom stereocenters. The van der Waals surface area contributed by atoms with Gasteiger partial charge in [-0.05, 0) is 61.1 Å². The first-order valence-electron chi connectivity index (χ1n) is 6.74. The molecule has 2 aromatic carbocycles. The summed E-state index contributed by atoms with van der Waals surface area (Å²) >= 11 is 3.68. The molecular formula is C17H21BrN2. The normalized spacial score (nSPS) is 12.5. The number of hydrazine groups is 1. The lowest BCUT2D eigenvalue weighted by Gasteiger charge is -2.22. The second kappa shape index (κ2) is 6.08. The van der Waals surface area contributed by atoms with Crippen molar-refractivity contribution >= 4 is 15.9 Å². The van der Waals surface area contributed by atoms with Gasteiger partial charge in [0.15, 0.2) is 0 Å². The summed E-state index contributed by atoms with van der Waals surface area (Å²) in [5.41, 5.74) is 10.4. The molecule has 0 radical (unpaired) electrons. The highest BCUT2D eigenvalue weighted by atomic mass is 79.9. The van der Waals surface area contributed by atoms with Gasteiger partial charge in [-0.25, -0.2) is 5.43 Å². The van der Waals surface area contributed by atoms with Gasteiger partial charge in [0.1, 0.15) is 0 Å². The lowest BCUT2D eigenvalue weighted by molar-refractivity contribution is 0.630. The molecule has 0 fully saturated rings. The third-order valence-corrected chi connectivity index (χ3v) is 4.98. The first-order chi connectivity index (χ1) is 9.45. The van der Waals surface area contributed by atoms with Crippen LogP contribution in [0.25, 0.3) is 0 Å². The standard InChI is InChI=1S/C17H21BrN2/c1-10-6-5-7-14(16(10)18)17(20-19)15-9-12(3)11(2)8-13(15)4/h5-9,17,20H,19H2,1-4H3. The van der Waals surface area contributed by atoms with Gasteiger partial charge < -0.3 is 0 Å². The Kier molecular flexibility index (Phi) is 4.63. The maximum absolute atomic E-state index is 5.84. The van der Waals surface area contributed by atoms with E-state index in [1.165, 1.54) is 33.4 Å². The molecule has 0 saturated carbocycles. The molecule has 20 heavy (non-hydrogen) atoms. The van der Waals surface area contributed by atoms with E-state index < -0.39 is 0 Å². The van der Waals surface area contributed by atoms with Gasteiger partial charge >= 0.3 is 0 Å². The van der Waals surface area contributed by atoms with Crippen molar-refractivity contribution in [2.45, 2.75) is 33.7 Å². The number of benzene rings is 2. The fourth-order valence-corrected chi connectivity index (χ4v) is 3.03. The molecule has 0 heterocycles. The summed E-state index contributed by atoms with van der Waals surface area (Å²) in [6.45, 7) is 8.50. The molecule has 3 N–H and O–H groups in total. The van der Waals surface area contributed by atoms with Crippen LogP contribution in [0.1, 0.15) is 39.4 Å². The van der Waals surface area contributed by atoms with E-state index in [1.54, 1.807) is 0 Å². The van der Waals surface area contributed by atoms with E-state index in [4.69, 9.17) is 5.84 Å². The molecule has 106 valence electrons. The van der Waals surface area contributed by atoms with E-state index in [0.29, 0.717) is 0 Å². The zero-order valence-corrected chi connectivity index (χ0v) is 14.0. The van der Waals surface area contributed by atoms with Gasteiger partial charge in [-0.1, -0.05) is 46.3 Å². The molecule has 1 atom stereocenters. The van der Waals surface area contributed by atoms with Crippen LogP contribution in [0.4, 0.5) is 0 Å². The van der Waals surface area contributed by atoms with Crippen molar-refractivity contribution in [3.05, 3.63) is 68.2 Å². The molecule has 0 spiro atoms. The van der Waals surface area contributed by atoms with E-state index in [-0.39, 0.29) is 6.04 Å². The van der Waals surface area contributed by atoms with Gasteiger partial charge in [0.2, 0.25) is 0 Å². The first-order valence-corrected chi connectivity index (χ1v) is 7.54. The predicted octanol–water partition coefficient (Wildman–Crippen LogP) is 4.24. The van der Waals surface area contributed by atoms with Gasteiger partial charge in [0.05, 0.1) is 6.04 Å². The zero-order chi connectivity index (χ0) is 14.9. The summed E-state index contributed by atoms with van der Waals surface area (Å²) < 4.78 is 1.11. The van der Waals surface area contributed by atoms with Gasteiger partial charge in [-0.15, -0.1) is 0 Å². The molecule has 0 aliphatic rings. The number of rotatable bonds is 3. The average Bonchev–Trinajstić information content (AvgIpc) is 2.41. The Hall–Kier alpha value is -1.16. The first kappa shape index (κ1) is 15.2. The van der Waals surface area contributed by atoms with Crippen LogP contribution >= 0.6 is 15.9 Å². The second-order valence-corrected chi connectivity index (χ2v) is 6.16. The highest BCUT2D eigenvalue weighted by molar-refractivity contribution is 9.10. The molecule has 2 aromatic rings. The number of nitrogens with one attached hydrogen (secondary N) is 1. The minimum absolute atomic E-state index is 0.0106. The predicted molar refractivity (Wildman–Crippen MR) is 88.7 cm³/mol. The number of aryl methyl sites for hydroxylation is 4. The van der Waals surface area contributed by atoms with Crippen LogP contribution < -0.4 is 11.3 Å². The van der Waals surface area contributed by atoms with Crippen molar-refractivity contribution in [1.29, 1.82) is 0 Å². The number of halogens is 1. The van der Waals surface area contributed by atoms with E-state index in [9.17, 15) is 0 Å². The maximum Gasteiger partial charge on any atom is 0.0723 e. The Morgan fingerprint density at radius 1 is 0.900 bits per heavy atom. The highest BCUT2D eigenvalue weighted by Crippen LogP contribution is 2.32. The van der Waals surface area contributed by atoms with Crippen LogP contribution in [-0.2, 0) is 0 Å². The van der Waals surface area contributed by atoms with E-state index in [0.717, 1.165) is 4.47 Å². The fraction of sp³-hybridized carbons (Fsp3) is 0.294. The summed E-state index contributed by atoms with van der Waals surface area (Å²) in [7, 11) is 0. The van der Waals surface area contributed by atoms with Gasteiger partial charge in [0.25, 0.3) is 0 Å². The number of hydrogen-bond donors (Lipinski definition) is 2. The third-order valence-electron chi connectivity index (χ3n) is 3.89. The molecule has 3 heteroatoms. The van der Waals surface area contributed by atoms with Crippen molar-refractivity contribution in [3.8, 4) is 0 Å². The Bertz CT molecular complexity index is 635. The molecule has 0 amide bonds. The molecule has 0 aromatic heterocycles. The van der Waals surface area contributed by atoms with Crippen LogP contribution in [0.5, 0.6) is 0 Å². The maximum atomic E-state index is 5.84. The number of nitrogens with two attached hydrogens (primary N) is 1. The molecule has 2 rings (SSSR count). The lowest BCUT2D eigenvalue weighted by Crippen LogP contribution is -2.30. The summed E-state index contributed by atoms with van der Waals surface area (Å²) in [4.78, 5) is 0. The van der Waals surface area contributed by atoms with E-state index >= 15 is 0 Å². The molecule has 0 aliphatic heterocycles. The SMILES string of the molecule is Cc1cc(C)c(C(NN)c2cccc(C)c2Br)cc1C. The van der Waals surface area contributed by atoms with Gasteiger partial charge in [-0.3, -0.25) is 5.84 Å². The third kappa shape index (κ3) is 2.80. The van der Waals surface area contributed by atoms with Crippen LogP contribution in [0.15, 0.2) is 34.8 Å². The van der Waals surface area contributed by atoms with Crippen molar-refractivity contribution in [2.24, 2.45) is 5.84 Å². The Morgan fingerprint density at radius 2 is 1.55 bits per heavy atom. The van der Waals surface area contributed by atoms with Crippen LogP contribution in [0.3, 0.4) is 0 Å². The number of hydrogen-bond acceptors (Lipinski definition) is 2. The van der Waals surface area contributed by atoms with E-state index in [2.05, 4.69) is 79.4 Å². The fourth-order valence-electron chi connectivity index (χ4n) is 2.53. The van der Waals surface area contributed by atoms with Crippen molar-refractivity contribution in [2.75, 3.05) is 0 Å². The highest BCUT2D eigenvalue weighted by Gasteiger charge is 2.18. The summed E-state index contributed by atoms with van der Waals surface area (Å²) in [6.07, 6.45) is 0. The smallest absolute Gasteiger partial charge is 0.0723 e. The Balaban J connectivity index is 2.58. The van der Waals surface area contributed by atoms with Crippen molar-refractivity contribution in [3.63, 3.8) is 0 Å². The average molecular weight is 333 g/mol. The summed E-state index contributed by atoms with van der Waals surface area (Å²) in [5.74, 6) is 5.84. The lowest BCUT2D eigenvalue weighted by atomic mass is 9.91. The Labute approximate surface area is 129 Å². The minimum Gasteiger partial charge on any atom is -0.271 e. The van der Waals surface area contributed by atoms with Gasteiger partial charge in [-0.2, -0.15) is 0 Å². The second-order valence-electron chi connectivity index (χ2n) is 5.37. The largest absolute Gasteiger partial charge is 0.271 e. The quantitative estimate of drug-likeness (QED) is 0.651. The van der Waals surface area contributed by atoms with Gasteiger partial charge in [0, 0.05) is 4.47 Å². The molecule has 2 nitrogen and oxygen atoms in total.